The van der Waals surface area contributed by atoms with Gasteiger partial charge in [0.15, 0.2) is 0 Å². The summed E-state index contributed by atoms with van der Waals surface area (Å²) >= 11 is 12.5. The molecule has 0 aliphatic carbocycles. The lowest BCUT2D eigenvalue weighted by atomic mass is 10.2. The van der Waals surface area contributed by atoms with E-state index < -0.39 is 0 Å². The van der Waals surface area contributed by atoms with Crippen LogP contribution in [0.4, 0.5) is 0 Å². The summed E-state index contributed by atoms with van der Waals surface area (Å²) in [5.74, 6) is 0. The van der Waals surface area contributed by atoms with Crippen LogP contribution >= 0.6 is 48.0 Å². The van der Waals surface area contributed by atoms with Crippen molar-refractivity contribution in [2.45, 2.75) is 4.58 Å². The van der Waals surface area contributed by atoms with Crippen molar-refractivity contribution in [3.63, 3.8) is 0 Å². The van der Waals surface area contributed by atoms with Crippen LogP contribution in [0.25, 0.3) is 0 Å². The molecule has 0 aromatic heterocycles. The molecule has 1 aromatic rings. The summed E-state index contributed by atoms with van der Waals surface area (Å²) in [4.78, 5) is 0. The zero-order valence-electron chi connectivity index (χ0n) is 7.75. The van der Waals surface area contributed by atoms with Crippen LogP contribution in [0.2, 0.25) is 0 Å². The van der Waals surface area contributed by atoms with Crippen LogP contribution < -0.4 is 11.5 Å². The average Bonchev–Trinajstić information content (AvgIpc) is 2.17. The largest absolute Gasteiger partial charge is 0.385 e. The highest BCUT2D eigenvalue weighted by Gasteiger charge is 2.15. The van der Waals surface area contributed by atoms with E-state index in [0.29, 0.717) is 8.64 Å². The first-order valence-corrected chi connectivity index (χ1v) is 6.64. The molecular formula is C9H10N2S4. The summed E-state index contributed by atoms with van der Waals surface area (Å²) in [6, 6.07) is 9.88. The summed E-state index contributed by atoms with van der Waals surface area (Å²) in [5, 5.41) is 0. The molecule has 0 aliphatic rings. The Kier molecular flexibility index (Phi) is 5.38. The quantitative estimate of drug-likeness (QED) is 0.653. The molecule has 0 bridgehead atoms. The number of benzene rings is 1. The molecule has 0 aliphatic heterocycles. The molecule has 1 aromatic carbocycles. The van der Waals surface area contributed by atoms with E-state index in [-0.39, 0.29) is 4.58 Å². The van der Waals surface area contributed by atoms with E-state index in [1.54, 1.807) is 0 Å². The third kappa shape index (κ3) is 4.83. The zero-order valence-corrected chi connectivity index (χ0v) is 11.0. The predicted octanol–water partition coefficient (Wildman–Crippen LogP) is 2.64. The molecule has 0 heterocycles. The Labute approximate surface area is 108 Å². The van der Waals surface area contributed by atoms with Crippen molar-refractivity contribution in [3.8, 4) is 0 Å². The zero-order chi connectivity index (χ0) is 11.3. The number of rotatable bonds is 3. The minimum Gasteiger partial charge on any atom is -0.385 e. The maximum atomic E-state index is 5.50. The van der Waals surface area contributed by atoms with Gasteiger partial charge in [0.1, 0.15) is 8.64 Å². The number of hydrogen-bond donors (Lipinski definition) is 2. The van der Waals surface area contributed by atoms with Crippen molar-refractivity contribution < 1.29 is 0 Å². The molecule has 0 fully saturated rings. The Balaban J connectivity index is 2.81. The summed E-state index contributed by atoms with van der Waals surface area (Å²) in [6.07, 6.45) is 0. The van der Waals surface area contributed by atoms with E-state index in [4.69, 9.17) is 35.9 Å². The summed E-state index contributed by atoms with van der Waals surface area (Å²) in [6.45, 7) is 0. The van der Waals surface area contributed by atoms with E-state index in [9.17, 15) is 0 Å². The third-order valence-electron chi connectivity index (χ3n) is 1.52. The van der Waals surface area contributed by atoms with Gasteiger partial charge in [-0.2, -0.15) is 0 Å². The second kappa shape index (κ2) is 6.32. The highest BCUT2D eigenvalue weighted by Crippen LogP contribution is 2.39. The first-order valence-electron chi connectivity index (χ1n) is 4.06. The Hall–Kier alpha value is -0.300. The maximum absolute atomic E-state index is 5.50. The van der Waals surface area contributed by atoms with Crippen LogP contribution in [0.1, 0.15) is 10.1 Å². The number of thiocarbonyl (C=S) groups is 2. The van der Waals surface area contributed by atoms with E-state index in [2.05, 4.69) is 0 Å². The monoisotopic (exact) mass is 274 g/mol. The third-order valence-corrected chi connectivity index (χ3v) is 4.11. The summed E-state index contributed by atoms with van der Waals surface area (Å²) < 4.78 is 0.835. The molecule has 6 heteroatoms. The standard InChI is InChI=1S/C9H10N2S4/c10-8(12)14-7(15-9(11)13)6-4-2-1-3-5-6/h1-5,7H,(H2,10,12)(H2,11,13). The van der Waals surface area contributed by atoms with Gasteiger partial charge in [-0.05, 0) is 5.56 Å². The Morgan fingerprint density at radius 2 is 1.47 bits per heavy atom. The maximum Gasteiger partial charge on any atom is 0.132 e. The van der Waals surface area contributed by atoms with Crippen LogP contribution in [0.3, 0.4) is 0 Å². The normalized spacial score (nSPS) is 10.2. The molecule has 80 valence electrons. The smallest absolute Gasteiger partial charge is 0.132 e. The molecule has 0 saturated carbocycles. The van der Waals surface area contributed by atoms with Crippen molar-refractivity contribution in [2.75, 3.05) is 0 Å². The van der Waals surface area contributed by atoms with E-state index in [1.165, 1.54) is 23.5 Å². The van der Waals surface area contributed by atoms with Crippen molar-refractivity contribution >= 4 is 56.6 Å². The summed E-state index contributed by atoms with van der Waals surface area (Å²) in [5.41, 5.74) is 12.1. The number of nitrogens with two attached hydrogens (primary N) is 2. The number of hydrogen-bond acceptors (Lipinski definition) is 4. The van der Waals surface area contributed by atoms with Gasteiger partial charge in [-0.25, -0.2) is 0 Å². The van der Waals surface area contributed by atoms with Crippen LogP contribution in [0.15, 0.2) is 30.3 Å². The second-order valence-corrected chi connectivity index (χ2v) is 6.61. The van der Waals surface area contributed by atoms with Gasteiger partial charge in [0.05, 0.1) is 4.58 Å². The van der Waals surface area contributed by atoms with Crippen LogP contribution in [-0.2, 0) is 0 Å². The van der Waals surface area contributed by atoms with Crippen molar-refractivity contribution in [1.29, 1.82) is 0 Å². The van der Waals surface area contributed by atoms with Gasteiger partial charge in [-0.3, -0.25) is 0 Å². The molecule has 0 atom stereocenters. The van der Waals surface area contributed by atoms with Gasteiger partial charge in [-0.1, -0.05) is 78.3 Å². The minimum atomic E-state index is 0.0428. The van der Waals surface area contributed by atoms with Gasteiger partial charge in [-0.15, -0.1) is 0 Å². The van der Waals surface area contributed by atoms with Crippen LogP contribution in [0.5, 0.6) is 0 Å². The molecule has 0 unspecified atom stereocenters. The summed E-state index contributed by atoms with van der Waals surface area (Å²) in [7, 11) is 0. The van der Waals surface area contributed by atoms with Gasteiger partial charge in [0.2, 0.25) is 0 Å². The lowest BCUT2D eigenvalue weighted by molar-refractivity contribution is 1.39. The van der Waals surface area contributed by atoms with Crippen molar-refractivity contribution in [2.24, 2.45) is 11.5 Å². The molecule has 4 N–H and O–H groups in total. The first-order chi connectivity index (χ1) is 7.09. The molecule has 0 radical (unpaired) electrons. The molecule has 1 rings (SSSR count). The molecule has 2 nitrogen and oxygen atoms in total. The molecule has 0 amide bonds. The first kappa shape index (κ1) is 12.8. The molecule has 15 heavy (non-hydrogen) atoms. The fourth-order valence-electron chi connectivity index (χ4n) is 0.981. The van der Waals surface area contributed by atoms with Crippen molar-refractivity contribution in [3.05, 3.63) is 35.9 Å². The highest BCUT2D eigenvalue weighted by molar-refractivity contribution is 8.35. The predicted molar refractivity (Wildman–Crippen MR) is 77.9 cm³/mol. The second-order valence-electron chi connectivity index (χ2n) is 2.62. The fraction of sp³-hybridized carbons (Fsp3) is 0.111. The van der Waals surface area contributed by atoms with Gasteiger partial charge >= 0.3 is 0 Å². The fourth-order valence-corrected chi connectivity index (χ4v) is 3.75. The van der Waals surface area contributed by atoms with E-state index >= 15 is 0 Å². The van der Waals surface area contributed by atoms with Gasteiger partial charge in [0.25, 0.3) is 0 Å². The average molecular weight is 274 g/mol. The van der Waals surface area contributed by atoms with Crippen LogP contribution in [0, 0.1) is 0 Å². The van der Waals surface area contributed by atoms with Crippen molar-refractivity contribution in [1.82, 2.24) is 0 Å². The SMILES string of the molecule is NC(=S)SC(SC(N)=S)c1ccccc1. The van der Waals surface area contributed by atoms with Gasteiger partial charge in [0, 0.05) is 0 Å². The molecule has 0 saturated heterocycles. The Morgan fingerprint density at radius 3 is 1.87 bits per heavy atom. The van der Waals surface area contributed by atoms with E-state index in [0.717, 1.165) is 5.56 Å². The lowest BCUT2D eigenvalue weighted by Crippen LogP contribution is -2.09. The topological polar surface area (TPSA) is 52.0 Å². The van der Waals surface area contributed by atoms with Crippen LogP contribution in [-0.4, -0.2) is 8.64 Å². The Bertz CT molecular complexity index is 336. The minimum absolute atomic E-state index is 0.0428. The molecular weight excluding hydrogens is 264 g/mol. The Morgan fingerprint density at radius 1 is 1.00 bits per heavy atom. The molecule has 0 spiro atoms. The number of thioether (sulfide) groups is 2. The van der Waals surface area contributed by atoms with E-state index in [1.807, 2.05) is 30.3 Å². The van der Waals surface area contributed by atoms with Gasteiger partial charge < -0.3 is 11.5 Å². The lowest BCUT2D eigenvalue weighted by Gasteiger charge is -2.14. The highest BCUT2D eigenvalue weighted by atomic mass is 32.2.